The van der Waals surface area contributed by atoms with Crippen molar-refractivity contribution in [1.82, 2.24) is 25.5 Å². The number of carbonyl (C=O) groups is 5. The lowest BCUT2D eigenvalue weighted by Crippen LogP contribution is -2.56. The highest BCUT2D eigenvalue weighted by atomic mass is 16.6. The largest absolute Gasteiger partial charge is 0.463 e. The molecule has 0 saturated carbocycles. The van der Waals surface area contributed by atoms with Crippen molar-refractivity contribution in [1.29, 1.82) is 0 Å². The molecule has 0 aliphatic carbocycles. The van der Waals surface area contributed by atoms with Gasteiger partial charge in [0.2, 0.25) is 11.8 Å². The van der Waals surface area contributed by atoms with Crippen LogP contribution in [0.5, 0.6) is 0 Å². The van der Waals surface area contributed by atoms with E-state index < -0.39 is 53.4 Å². The van der Waals surface area contributed by atoms with Crippen LogP contribution in [0, 0.1) is 0 Å². The van der Waals surface area contributed by atoms with Gasteiger partial charge in [0.15, 0.2) is 0 Å². The number of nitrogens with zero attached hydrogens (tertiary/aromatic N) is 2. The third-order valence-corrected chi connectivity index (χ3v) is 6.11. The number of nitrogens with one attached hydrogen (secondary N) is 3. The summed E-state index contributed by atoms with van der Waals surface area (Å²) in [5.74, 6) is -3.02. The predicted octanol–water partition coefficient (Wildman–Crippen LogP) is 1.31. The fraction of sp³-hybridized carbons (Fsp3) is 0.481. The summed E-state index contributed by atoms with van der Waals surface area (Å²) in [7, 11) is 1.09. The predicted molar refractivity (Wildman–Crippen MR) is 139 cm³/mol. The number of benzene rings is 1. The molecule has 0 bridgehead atoms. The van der Waals surface area contributed by atoms with Crippen LogP contribution in [0.3, 0.4) is 0 Å². The highest BCUT2D eigenvalue weighted by Gasteiger charge is 2.40. The van der Waals surface area contributed by atoms with Crippen LogP contribution in [-0.4, -0.2) is 81.9 Å². The second-order valence-corrected chi connectivity index (χ2v) is 10.3. The zero-order valence-electron chi connectivity index (χ0n) is 22.6. The van der Waals surface area contributed by atoms with Gasteiger partial charge < -0.3 is 30.0 Å². The minimum Gasteiger partial charge on any atom is -0.463 e. The molecular weight excluding hydrogens is 506 g/mol. The highest BCUT2D eigenvalue weighted by Crippen LogP contribution is 2.20. The second kappa shape index (κ2) is 13.0. The molecule has 3 N–H and O–H groups in total. The molecular formula is C27H35N5O7. The topological polar surface area (TPSA) is 160 Å². The van der Waals surface area contributed by atoms with Crippen LogP contribution in [0.2, 0.25) is 0 Å². The lowest BCUT2D eigenvalue weighted by molar-refractivity contribution is -0.153. The number of imidazole rings is 1. The van der Waals surface area contributed by atoms with E-state index in [-0.39, 0.29) is 19.4 Å². The molecule has 39 heavy (non-hydrogen) atoms. The van der Waals surface area contributed by atoms with Crippen molar-refractivity contribution in [2.45, 2.75) is 70.2 Å². The fourth-order valence-electron chi connectivity index (χ4n) is 4.34. The Morgan fingerprint density at radius 1 is 1.08 bits per heavy atom. The van der Waals surface area contributed by atoms with Crippen LogP contribution >= 0.6 is 0 Å². The Bertz CT molecular complexity index is 1160. The first kappa shape index (κ1) is 29.3. The maximum absolute atomic E-state index is 13.7. The molecule has 1 aliphatic rings. The zero-order valence-corrected chi connectivity index (χ0v) is 22.6. The van der Waals surface area contributed by atoms with Gasteiger partial charge in [0.05, 0.1) is 13.4 Å². The van der Waals surface area contributed by atoms with Crippen molar-refractivity contribution in [3.63, 3.8) is 0 Å². The van der Waals surface area contributed by atoms with E-state index in [2.05, 4.69) is 25.3 Å². The van der Waals surface area contributed by atoms with E-state index >= 15 is 0 Å². The molecule has 2 heterocycles. The quantitative estimate of drug-likeness (QED) is 0.300. The van der Waals surface area contributed by atoms with Gasteiger partial charge in [0.25, 0.3) is 5.78 Å². The molecule has 1 fully saturated rings. The molecule has 1 aromatic heterocycles. The summed E-state index contributed by atoms with van der Waals surface area (Å²) in [6.07, 6.45) is 3.29. The number of alkyl carbamates (subject to hydrolysis) is 1. The van der Waals surface area contributed by atoms with E-state index in [9.17, 15) is 24.0 Å². The number of likely N-dealkylation sites (tertiary alicyclic amines) is 1. The van der Waals surface area contributed by atoms with Crippen LogP contribution in [0.1, 0.15) is 44.9 Å². The maximum Gasteiger partial charge on any atom is 0.408 e. The Hall–Kier alpha value is -4.22. The smallest absolute Gasteiger partial charge is 0.408 e. The Morgan fingerprint density at radius 2 is 1.79 bits per heavy atom. The van der Waals surface area contributed by atoms with Gasteiger partial charge in [-0.1, -0.05) is 30.3 Å². The number of ether oxygens (including phenoxy) is 2. The molecule has 3 rings (SSSR count). The van der Waals surface area contributed by atoms with E-state index in [4.69, 9.17) is 4.74 Å². The first-order valence-corrected chi connectivity index (χ1v) is 12.7. The van der Waals surface area contributed by atoms with Crippen LogP contribution in [0.15, 0.2) is 42.9 Å². The second-order valence-electron chi connectivity index (χ2n) is 10.3. The van der Waals surface area contributed by atoms with Crippen molar-refractivity contribution in [2.24, 2.45) is 0 Å². The van der Waals surface area contributed by atoms with Gasteiger partial charge in [-0.25, -0.2) is 14.6 Å². The van der Waals surface area contributed by atoms with Crippen molar-refractivity contribution in [3.8, 4) is 0 Å². The molecule has 3 amide bonds. The first-order valence-electron chi connectivity index (χ1n) is 12.7. The molecule has 12 heteroatoms. The number of aromatic nitrogens is 2. The monoisotopic (exact) mass is 541 g/mol. The number of aromatic amines is 1. The van der Waals surface area contributed by atoms with Gasteiger partial charge in [-0.2, -0.15) is 0 Å². The van der Waals surface area contributed by atoms with Gasteiger partial charge in [0, 0.05) is 31.3 Å². The molecule has 1 saturated heterocycles. The summed E-state index contributed by atoms with van der Waals surface area (Å²) in [5, 5.41) is 5.27. The van der Waals surface area contributed by atoms with Crippen molar-refractivity contribution < 1.29 is 33.4 Å². The van der Waals surface area contributed by atoms with Gasteiger partial charge >= 0.3 is 12.1 Å². The van der Waals surface area contributed by atoms with Crippen LogP contribution in [-0.2, 0) is 41.5 Å². The standard InChI is InChI=1S/C27H35N5O7/c1-27(2,3)39-26(37)31-20(14-18-15-28-16-29-18)24(35)32-12-8-11-21(32)23(34)30-19(22(33)25(36)38-4)13-17-9-6-5-7-10-17/h5-7,9-10,15-16,19-21H,8,11-14H2,1-4H3,(H,28,29)(H,30,34)(H,31,37)/t19?,20-,21-/m0/s1. The minimum atomic E-state index is -1.18. The number of amides is 3. The van der Waals surface area contributed by atoms with Crippen molar-refractivity contribution in [3.05, 3.63) is 54.1 Å². The number of ketones is 1. The van der Waals surface area contributed by atoms with E-state index in [0.29, 0.717) is 18.5 Å². The number of carbonyl (C=O) groups excluding carboxylic acids is 5. The van der Waals surface area contributed by atoms with Gasteiger partial charge in [-0.3, -0.25) is 14.4 Å². The Morgan fingerprint density at radius 3 is 2.41 bits per heavy atom. The third-order valence-electron chi connectivity index (χ3n) is 6.11. The molecule has 210 valence electrons. The molecule has 0 spiro atoms. The lowest BCUT2D eigenvalue weighted by Gasteiger charge is -2.30. The van der Waals surface area contributed by atoms with Gasteiger partial charge in [-0.15, -0.1) is 0 Å². The summed E-state index contributed by atoms with van der Waals surface area (Å²) in [4.78, 5) is 72.6. The van der Waals surface area contributed by atoms with E-state index in [1.165, 1.54) is 17.4 Å². The molecule has 2 aromatic rings. The van der Waals surface area contributed by atoms with E-state index in [1.807, 2.05) is 6.07 Å². The number of methoxy groups -OCH3 is 1. The van der Waals surface area contributed by atoms with Crippen LogP contribution in [0.4, 0.5) is 4.79 Å². The number of hydrogen-bond acceptors (Lipinski definition) is 8. The van der Waals surface area contributed by atoms with Crippen LogP contribution < -0.4 is 10.6 Å². The number of rotatable bonds is 10. The highest BCUT2D eigenvalue weighted by molar-refractivity contribution is 6.36. The number of esters is 1. The summed E-state index contributed by atoms with van der Waals surface area (Å²) in [5.41, 5.74) is 0.568. The molecule has 3 atom stereocenters. The Kier molecular flexibility index (Phi) is 9.80. The molecule has 1 aromatic carbocycles. The number of Topliss-reactive ketones (excluding diaryl/α,β-unsaturated/α-hetero) is 1. The average Bonchev–Trinajstić information content (AvgIpc) is 3.58. The minimum absolute atomic E-state index is 0.0732. The molecule has 1 aliphatic heterocycles. The molecule has 12 nitrogen and oxygen atoms in total. The summed E-state index contributed by atoms with van der Waals surface area (Å²) < 4.78 is 9.92. The molecule has 0 radical (unpaired) electrons. The SMILES string of the molecule is COC(=O)C(=O)C(Cc1ccccc1)NC(=O)[C@@H]1CCCN1C(=O)[C@H](Cc1cnc[nH]1)NC(=O)OC(C)(C)C. The normalized spacial score (nSPS) is 16.6. The zero-order chi connectivity index (χ0) is 28.6. The van der Waals surface area contributed by atoms with Gasteiger partial charge in [-0.05, 0) is 39.2 Å². The summed E-state index contributed by atoms with van der Waals surface area (Å²) in [6, 6.07) is 5.82. The number of H-pyrrole nitrogens is 1. The lowest BCUT2D eigenvalue weighted by atomic mass is 10.0. The van der Waals surface area contributed by atoms with Crippen molar-refractivity contribution >= 4 is 29.7 Å². The first-order chi connectivity index (χ1) is 18.5. The van der Waals surface area contributed by atoms with E-state index in [0.717, 1.165) is 12.7 Å². The maximum atomic E-state index is 13.7. The fourth-order valence-corrected chi connectivity index (χ4v) is 4.34. The van der Waals surface area contributed by atoms with Crippen molar-refractivity contribution in [2.75, 3.05) is 13.7 Å². The number of hydrogen-bond donors (Lipinski definition) is 3. The summed E-state index contributed by atoms with van der Waals surface area (Å²) >= 11 is 0. The summed E-state index contributed by atoms with van der Waals surface area (Å²) in [6.45, 7) is 5.41. The molecule has 1 unspecified atom stereocenters. The average molecular weight is 542 g/mol. The van der Waals surface area contributed by atoms with Crippen LogP contribution in [0.25, 0.3) is 0 Å². The third kappa shape index (κ3) is 8.39. The van der Waals surface area contributed by atoms with E-state index in [1.54, 1.807) is 45.0 Å². The van der Waals surface area contributed by atoms with Gasteiger partial charge in [0.1, 0.15) is 23.7 Å². The Balaban J connectivity index is 1.78. The Labute approximate surface area is 226 Å².